The number of cyclic esters (lactones) is 1. The molecule has 0 amide bonds. The molecule has 6 nitrogen and oxygen atoms in total. The molecule has 2 rings (SSSR count). The first-order valence-corrected chi connectivity index (χ1v) is 11.8. The summed E-state index contributed by atoms with van der Waals surface area (Å²) >= 11 is 0. The summed E-state index contributed by atoms with van der Waals surface area (Å²) in [6.07, 6.45) is 14.9. The van der Waals surface area contributed by atoms with Crippen LogP contribution in [0, 0.1) is 5.92 Å². The number of allylic oxidation sites excluding steroid dienone is 5. The summed E-state index contributed by atoms with van der Waals surface area (Å²) in [5.41, 5.74) is 4.23. The maximum atomic E-state index is 11.5. The van der Waals surface area contributed by atoms with Crippen molar-refractivity contribution in [2.45, 2.75) is 85.2 Å². The number of esters is 1. The predicted molar refractivity (Wildman–Crippen MR) is 129 cm³/mol. The van der Waals surface area contributed by atoms with Crippen molar-refractivity contribution >= 4 is 5.97 Å². The van der Waals surface area contributed by atoms with Gasteiger partial charge >= 0.3 is 5.97 Å². The highest BCUT2D eigenvalue weighted by molar-refractivity contribution is 5.93. The summed E-state index contributed by atoms with van der Waals surface area (Å²) in [5.74, 6) is 0.00362. The molecule has 0 aliphatic carbocycles. The van der Waals surface area contributed by atoms with Gasteiger partial charge in [0.1, 0.15) is 0 Å². The summed E-state index contributed by atoms with van der Waals surface area (Å²) < 4.78 is 21.3. The summed E-state index contributed by atoms with van der Waals surface area (Å²) in [7, 11) is 3.29. The Hall–Kier alpha value is -2.15. The maximum absolute atomic E-state index is 11.5. The highest BCUT2D eigenvalue weighted by atomic mass is 16.8. The van der Waals surface area contributed by atoms with E-state index in [-0.39, 0.29) is 29.8 Å². The van der Waals surface area contributed by atoms with Crippen LogP contribution in [0.4, 0.5) is 0 Å². The molecule has 1 N–H and O–H groups in total. The summed E-state index contributed by atoms with van der Waals surface area (Å²) in [6.45, 7) is 8.00. The third kappa shape index (κ3) is 8.61. The largest absolute Gasteiger partial charge is 0.504 e. The first kappa shape index (κ1) is 27.1. The molecular formula is C27H40O6. The van der Waals surface area contributed by atoms with Crippen molar-refractivity contribution in [2.75, 3.05) is 14.2 Å². The normalized spacial score (nSPS) is 24.0. The number of ether oxygens (including phenoxy) is 4. The molecule has 2 unspecified atom stereocenters. The second kappa shape index (κ2) is 13.5. The molecule has 3 atom stereocenters. The van der Waals surface area contributed by atoms with Crippen LogP contribution in [0.15, 0.2) is 58.1 Å². The van der Waals surface area contributed by atoms with E-state index >= 15 is 0 Å². The quantitative estimate of drug-likeness (QED) is 0.252. The van der Waals surface area contributed by atoms with Gasteiger partial charge in [0.05, 0.1) is 5.57 Å². The molecule has 6 heteroatoms. The van der Waals surface area contributed by atoms with Gasteiger partial charge in [-0.15, -0.1) is 0 Å². The van der Waals surface area contributed by atoms with Crippen LogP contribution >= 0.6 is 0 Å². The van der Waals surface area contributed by atoms with Crippen molar-refractivity contribution < 1.29 is 28.8 Å². The van der Waals surface area contributed by atoms with Crippen molar-refractivity contribution in [1.29, 1.82) is 0 Å². The fraction of sp³-hybridized carbons (Fsp3) is 0.593. The third-order valence-electron chi connectivity index (χ3n) is 6.07. The number of carbonyl (C=O) groups is 1. The Morgan fingerprint density at radius 2 is 1.85 bits per heavy atom. The number of carbonyl (C=O) groups excluding carboxylic acids is 1. The highest BCUT2D eigenvalue weighted by Crippen LogP contribution is 2.27. The standard InChI is InChI=1S/C27H40O6/c1-18(12-8-14-20(3)16-23-25(28)21(4)26(29)32-23)10-7-11-19(2)13-9-15-22-17-24(30-5)33-27(22)31-6/h11-12,16-17,20,24,27-28H,7-10,13-15H2,1-6H3/b18-12?,19-11?,23-16-/t20-,24?,27?/m1/s1. The van der Waals surface area contributed by atoms with Gasteiger partial charge in [-0.1, -0.05) is 30.2 Å². The SMILES string of the molecule is COC1C=C(CCCC(C)=CCCC(C)=CCC[C@@H](C)/C=C2\OC(=O)C(C)=C2O)C(OC)O1. The molecule has 0 fully saturated rings. The van der Waals surface area contributed by atoms with E-state index in [9.17, 15) is 9.90 Å². The van der Waals surface area contributed by atoms with Crippen molar-refractivity contribution in [3.05, 3.63) is 58.1 Å². The Morgan fingerprint density at radius 1 is 1.15 bits per heavy atom. The molecule has 0 aromatic rings. The van der Waals surface area contributed by atoms with E-state index in [0.29, 0.717) is 5.76 Å². The average Bonchev–Trinajstić information content (AvgIpc) is 3.29. The molecule has 0 saturated heterocycles. The van der Waals surface area contributed by atoms with E-state index < -0.39 is 5.97 Å². The van der Waals surface area contributed by atoms with Crippen LogP contribution in [0.1, 0.15) is 72.6 Å². The molecule has 0 aromatic carbocycles. The number of aliphatic hydroxyl groups is 1. The van der Waals surface area contributed by atoms with E-state index in [1.54, 1.807) is 21.1 Å². The first-order chi connectivity index (χ1) is 15.7. The number of aliphatic hydroxyl groups excluding tert-OH is 1. The Labute approximate surface area is 198 Å². The van der Waals surface area contributed by atoms with Crippen LogP contribution < -0.4 is 0 Å². The Kier molecular flexibility index (Phi) is 11.1. The molecule has 0 spiro atoms. The zero-order chi connectivity index (χ0) is 24.4. The van der Waals surface area contributed by atoms with Crippen LogP contribution in [0.2, 0.25) is 0 Å². The van der Waals surface area contributed by atoms with Gasteiger partial charge in [-0.25, -0.2) is 4.79 Å². The van der Waals surface area contributed by atoms with E-state index in [2.05, 4.69) is 32.9 Å². The van der Waals surface area contributed by atoms with E-state index in [1.165, 1.54) is 11.1 Å². The van der Waals surface area contributed by atoms with Crippen LogP contribution in [0.5, 0.6) is 0 Å². The monoisotopic (exact) mass is 460 g/mol. The molecular weight excluding hydrogens is 420 g/mol. The zero-order valence-electron chi connectivity index (χ0n) is 21.0. The molecule has 2 aliphatic heterocycles. The first-order valence-electron chi connectivity index (χ1n) is 11.8. The van der Waals surface area contributed by atoms with E-state index in [0.717, 1.165) is 50.5 Å². The minimum atomic E-state index is -0.464. The van der Waals surface area contributed by atoms with Gasteiger partial charge in [-0.2, -0.15) is 0 Å². The molecule has 0 aromatic heterocycles. The molecule has 0 saturated carbocycles. The van der Waals surface area contributed by atoms with Gasteiger partial charge in [0.15, 0.2) is 24.1 Å². The lowest BCUT2D eigenvalue weighted by atomic mass is 10.0. The third-order valence-corrected chi connectivity index (χ3v) is 6.07. The minimum absolute atomic E-state index is 0.0354. The second-order valence-corrected chi connectivity index (χ2v) is 8.99. The van der Waals surface area contributed by atoms with Gasteiger partial charge in [0.25, 0.3) is 0 Å². The van der Waals surface area contributed by atoms with Crippen molar-refractivity contribution in [2.24, 2.45) is 5.92 Å². The fourth-order valence-electron chi connectivity index (χ4n) is 3.91. The summed E-state index contributed by atoms with van der Waals surface area (Å²) in [6, 6.07) is 0. The highest BCUT2D eigenvalue weighted by Gasteiger charge is 2.27. The van der Waals surface area contributed by atoms with E-state index in [1.807, 2.05) is 12.2 Å². The van der Waals surface area contributed by atoms with Crippen LogP contribution in [0.25, 0.3) is 0 Å². The Balaban J connectivity index is 1.66. The van der Waals surface area contributed by atoms with E-state index in [4.69, 9.17) is 18.9 Å². The summed E-state index contributed by atoms with van der Waals surface area (Å²) in [4.78, 5) is 11.5. The van der Waals surface area contributed by atoms with Gasteiger partial charge in [-0.05, 0) is 89.4 Å². The molecule has 2 heterocycles. The zero-order valence-corrected chi connectivity index (χ0v) is 21.0. The Morgan fingerprint density at radius 3 is 2.48 bits per heavy atom. The van der Waals surface area contributed by atoms with Gasteiger partial charge in [-0.3, -0.25) is 0 Å². The second-order valence-electron chi connectivity index (χ2n) is 8.99. The van der Waals surface area contributed by atoms with Crippen molar-refractivity contribution in [3.8, 4) is 0 Å². The molecule has 0 radical (unpaired) electrons. The van der Waals surface area contributed by atoms with Crippen molar-refractivity contribution in [3.63, 3.8) is 0 Å². The predicted octanol–water partition coefficient (Wildman–Crippen LogP) is 6.42. The minimum Gasteiger partial charge on any atom is -0.504 e. The van der Waals surface area contributed by atoms with Crippen LogP contribution in [-0.4, -0.2) is 37.9 Å². The van der Waals surface area contributed by atoms with Gasteiger partial charge in [0, 0.05) is 14.2 Å². The maximum Gasteiger partial charge on any atom is 0.343 e. The van der Waals surface area contributed by atoms with Crippen molar-refractivity contribution in [1.82, 2.24) is 0 Å². The molecule has 0 bridgehead atoms. The lowest BCUT2D eigenvalue weighted by Gasteiger charge is -2.14. The fourth-order valence-corrected chi connectivity index (χ4v) is 3.91. The lowest BCUT2D eigenvalue weighted by Crippen LogP contribution is -2.17. The lowest BCUT2D eigenvalue weighted by molar-refractivity contribution is -0.177. The summed E-state index contributed by atoms with van der Waals surface area (Å²) in [5, 5.41) is 9.91. The van der Waals surface area contributed by atoms with Gasteiger partial charge < -0.3 is 24.1 Å². The van der Waals surface area contributed by atoms with Crippen LogP contribution in [0.3, 0.4) is 0 Å². The van der Waals surface area contributed by atoms with Crippen LogP contribution in [-0.2, 0) is 23.7 Å². The van der Waals surface area contributed by atoms with Gasteiger partial charge in [0.2, 0.25) is 0 Å². The topological polar surface area (TPSA) is 74.2 Å². The average molecular weight is 461 g/mol. The Bertz CT molecular complexity index is 830. The number of rotatable bonds is 13. The smallest absolute Gasteiger partial charge is 0.343 e. The molecule has 33 heavy (non-hydrogen) atoms. The molecule has 184 valence electrons. The number of hydrogen-bond donors (Lipinski definition) is 1. The number of methoxy groups -OCH3 is 2. The molecule has 2 aliphatic rings. The number of hydrogen-bond acceptors (Lipinski definition) is 6.